The maximum absolute atomic E-state index is 12.7. The minimum atomic E-state index is -0.295. The molecule has 160 valence electrons. The van der Waals surface area contributed by atoms with Gasteiger partial charge >= 0.3 is 0 Å². The highest BCUT2D eigenvalue weighted by atomic mass is 16.5. The van der Waals surface area contributed by atoms with Gasteiger partial charge in [-0.25, -0.2) is 0 Å². The number of carbonyl (C=O) groups is 2. The summed E-state index contributed by atoms with van der Waals surface area (Å²) in [6.45, 7) is 1.75. The number of nitrogens with one attached hydrogen (secondary N) is 2. The molecule has 0 spiro atoms. The lowest BCUT2D eigenvalue weighted by atomic mass is 10.0. The van der Waals surface area contributed by atoms with Crippen LogP contribution in [0.1, 0.15) is 28.9 Å². The Labute approximate surface area is 187 Å². The zero-order valence-corrected chi connectivity index (χ0v) is 17.7. The summed E-state index contributed by atoms with van der Waals surface area (Å²) < 4.78 is 5.69. The summed E-state index contributed by atoms with van der Waals surface area (Å²) in [7, 11) is 0. The lowest BCUT2D eigenvalue weighted by Gasteiger charge is -2.16. The number of ether oxygens (including phenoxy) is 1. The van der Waals surface area contributed by atoms with Gasteiger partial charge in [0.2, 0.25) is 0 Å². The van der Waals surface area contributed by atoms with Gasteiger partial charge in [0.15, 0.2) is 6.61 Å². The molecule has 2 amide bonds. The first-order valence-corrected chi connectivity index (χ1v) is 10.5. The normalized spacial score (nSPS) is 11.5. The topological polar surface area (TPSA) is 67.4 Å². The predicted octanol–water partition coefficient (Wildman–Crippen LogP) is 5.35. The van der Waals surface area contributed by atoms with Gasteiger partial charge in [0.05, 0.1) is 11.6 Å². The first kappa shape index (κ1) is 21.1. The maximum atomic E-state index is 12.7. The number of carbonyl (C=O) groups excluding carboxylic acids is 2. The Balaban J connectivity index is 1.38. The molecule has 0 bridgehead atoms. The fraction of sp³-hybridized carbons (Fsp3) is 0.111. The van der Waals surface area contributed by atoms with Gasteiger partial charge in [-0.05, 0) is 53.6 Å². The summed E-state index contributed by atoms with van der Waals surface area (Å²) in [5.74, 6) is -0.199. The van der Waals surface area contributed by atoms with Gasteiger partial charge in [0.25, 0.3) is 11.8 Å². The summed E-state index contributed by atoms with van der Waals surface area (Å²) in [4.78, 5) is 25.2. The Morgan fingerprint density at radius 3 is 2.31 bits per heavy atom. The van der Waals surface area contributed by atoms with Gasteiger partial charge in [0, 0.05) is 5.69 Å². The van der Waals surface area contributed by atoms with E-state index < -0.39 is 0 Å². The van der Waals surface area contributed by atoms with Crippen LogP contribution in [0.3, 0.4) is 0 Å². The summed E-state index contributed by atoms with van der Waals surface area (Å²) in [5.41, 5.74) is 2.07. The number of hydrogen-bond acceptors (Lipinski definition) is 3. The quantitative estimate of drug-likeness (QED) is 0.420. The zero-order chi connectivity index (χ0) is 22.3. The molecular formula is C27H24N2O3. The van der Waals surface area contributed by atoms with E-state index in [1.807, 2.05) is 67.6 Å². The molecule has 0 fully saturated rings. The minimum absolute atomic E-state index is 0.174. The van der Waals surface area contributed by atoms with Crippen LogP contribution in [0.2, 0.25) is 0 Å². The van der Waals surface area contributed by atoms with Crippen molar-refractivity contribution in [2.24, 2.45) is 0 Å². The van der Waals surface area contributed by atoms with E-state index in [9.17, 15) is 9.59 Å². The number of amides is 2. The molecule has 4 aromatic carbocycles. The van der Waals surface area contributed by atoms with Crippen LogP contribution < -0.4 is 15.4 Å². The third kappa shape index (κ3) is 5.13. The number of fused-ring (bicyclic) bond motifs is 1. The van der Waals surface area contributed by atoms with E-state index in [0.29, 0.717) is 17.0 Å². The predicted molar refractivity (Wildman–Crippen MR) is 127 cm³/mol. The molecule has 5 heteroatoms. The zero-order valence-electron chi connectivity index (χ0n) is 17.7. The van der Waals surface area contributed by atoms with Crippen molar-refractivity contribution < 1.29 is 14.3 Å². The van der Waals surface area contributed by atoms with Gasteiger partial charge in [-0.1, -0.05) is 66.7 Å². The molecule has 4 aromatic rings. The number of hydrogen-bond donors (Lipinski definition) is 2. The Morgan fingerprint density at radius 1 is 0.812 bits per heavy atom. The van der Waals surface area contributed by atoms with Crippen LogP contribution in [0.15, 0.2) is 97.1 Å². The molecule has 0 heterocycles. The van der Waals surface area contributed by atoms with Gasteiger partial charge < -0.3 is 15.4 Å². The molecule has 4 rings (SSSR count). The number of rotatable bonds is 7. The smallest absolute Gasteiger partial charge is 0.259 e. The van der Waals surface area contributed by atoms with Crippen molar-refractivity contribution in [3.63, 3.8) is 0 Å². The second kappa shape index (κ2) is 9.79. The molecule has 0 saturated carbocycles. The lowest BCUT2D eigenvalue weighted by molar-refractivity contribution is -0.123. The Morgan fingerprint density at radius 2 is 1.50 bits per heavy atom. The number of benzene rings is 4. The SMILES string of the molecule is C[C@@H](NC(=O)COc1ccccc1C(=O)Nc1ccccc1)c1ccc2ccccc2c1. The van der Waals surface area contributed by atoms with Gasteiger partial charge in [-0.2, -0.15) is 0 Å². The molecule has 5 nitrogen and oxygen atoms in total. The first-order chi connectivity index (χ1) is 15.6. The van der Waals surface area contributed by atoms with Crippen molar-refractivity contribution in [3.8, 4) is 5.75 Å². The van der Waals surface area contributed by atoms with Crippen molar-refractivity contribution in [2.45, 2.75) is 13.0 Å². The summed E-state index contributed by atoms with van der Waals surface area (Å²) in [6, 6.07) is 30.1. The van der Waals surface area contributed by atoms with E-state index in [1.165, 1.54) is 0 Å². The summed E-state index contributed by atoms with van der Waals surface area (Å²) >= 11 is 0. The Bertz CT molecular complexity index is 1240. The van der Waals surface area contributed by atoms with E-state index in [4.69, 9.17) is 4.74 Å². The van der Waals surface area contributed by atoms with E-state index in [1.54, 1.807) is 24.3 Å². The lowest BCUT2D eigenvalue weighted by Crippen LogP contribution is -2.31. The third-order valence-corrected chi connectivity index (χ3v) is 5.17. The average Bonchev–Trinajstić information content (AvgIpc) is 2.83. The largest absolute Gasteiger partial charge is 0.483 e. The average molecular weight is 425 g/mol. The van der Waals surface area contributed by atoms with Crippen molar-refractivity contribution >= 4 is 28.3 Å². The Hall–Kier alpha value is -4.12. The highest BCUT2D eigenvalue weighted by molar-refractivity contribution is 6.06. The van der Waals surface area contributed by atoms with Gasteiger partial charge in [-0.3, -0.25) is 9.59 Å². The van der Waals surface area contributed by atoms with Crippen LogP contribution >= 0.6 is 0 Å². The van der Waals surface area contributed by atoms with E-state index in [0.717, 1.165) is 16.3 Å². The fourth-order valence-corrected chi connectivity index (χ4v) is 3.49. The molecule has 0 radical (unpaired) electrons. The van der Waals surface area contributed by atoms with E-state index in [2.05, 4.69) is 22.8 Å². The number of anilines is 1. The molecule has 2 N–H and O–H groups in total. The standard InChI is InChI=1S/C27H24N2O3/c1-19(21-16-15-20-9-5-6-10-22(20)17-21)28-26(30)18-32-25-14-8-7-13-24(25)27(31)29-23-11-3-2-4-12-23/h2-17,19H,18H2,1H3,(H,28,30)(H,29,31)/t19-/m1/s1. The molecule has 0 saturated heterocycles. The minimum Gasteiger partial charge on any atom is -0.483 e. The monoisotopic (exact) mass is 424 g/mol. The summed E-state index contributed by atoms with van der Waals surface area (Å²) in [5, 5.41) is 8.07. The van der Waals surface area contributed by atoms with Crippen molar-refractivity contribution in [3.05, 3.63) is 108 Å². The molecule has 0 unspecified atom stereocenters. The third-order valence-electron chi connectivity index (χ3n) is 5.17. The first-order valence-electron chi connectivity index (χ1n) is 10.5. The highest BCUT2D eigenvalue weighted by Crippen LogP contribution is 2.21. The van der Waals surface area contributed by atoms with Crippen LogP contribution in [-0.2, 0) is 4.79 Å². The molecule has 0 aliphatic carbocycles. The van der Waals surface area contributed by atoms with E-state index in [-0.39, 0.29) is 24.5 Å². The molecular weight excluding hydrogens is 400 g/mol. The maximum Gasteiger partial charge on any atom is 0.259 e. The van der Waals surface area contributed by atoms with Crippen molar-refractivity contribution in [1.29, 1.82) is 0 Å². The van der Waals surface area contributed by atoms with Crippen molar-refractivity contribution in [2.75, 3.05) is 11.9 Å². The molecule has 1 atom stereocenters. The molecule has 32 heavy (non-hydrogen) atoms. The van der Waals surface area contributed by atoms with Crippen LogP contribution in [0, 0.1) is 0 Å². The molecule has 0 aliphatic heterocycles. The second-order valence-electron chi connectivity index (χ2n) is 7.50. The van der Waals surface area contributed by atoms with Crippen LogP contribution in [0.4, 0.5) is 5.69 Å². The van der Waals surface area contributed by atoms with Crippen LogP contribution in [-0.4, -0.2) is 18.4 Å². The second-order valence-corrected chi connectivity index (χ2v) is 7.50. The van der Waals surface area contributed by atoms with Crippen LogP contribution in [0.5, 0.6) is 5.75 Å². The van der Waals surface area contributed by atoms with E-state index >= 15 is 0 Å². The molecule has 0 aliphatic rings. The summed E-state index contributed by atoms with van der Waals surface area (Å²) in [6.07, 6.45) is 0. The molecule has 0 aromatic heterocycles. The van der Waals surface area contributed by atoms with Gasteiger partial charge in [0.1, 0.15) is 5.75 Å². The highest BCUT2D eigenvalue weighted by Gasteiger charge is 2.15. The van der Waals surface area contributed by atoms with Gasteiger partial charge in [-0.15, -0.1) is 0 Å². The Kier molecular flexibility index (Phi) is 6.46. The number of para-hydroxylation sites is 2. The fourth-order valence-electron chi connectivity index (χ4n) is 3.49. The van der Waals surface area contributed by atoms with Crippen molar-refractivity contribution in [1.82, 2.24) is 5.32 Å². The van der Waals surface area contributed by atoms with Crippen LogP contribution in [0.25, 0.3) is 10.8 Å².